The van der Waals surface area contributed by atoms with Gasteiger partial charge in [0.15, 0.2) is 5.60 Å². The minimum Gasteiger partial charge on any atom is -0.372 e. The van der Waals surface area contributed by atoms with Gasteiger partial charge in [0.25, 0.3) is 5.91 Å². The third-order valence-corrected chi connectivity index (χ3v) is 5.58. The van der Waals surface area contributed by atoms with Crippen molar-refractivity contribution in [2.45, 2.75) is 25.9 Å². The van der Waals surface area contributed by atoms with Crippen LogP contribution in [0.4, 0.5) is 11.4 Å². The van der Waals surface area contributed by atoms with E-state index in [1.807, 2.05) is 50.2 Å². The molecule has 1 aliphatic rings. The SMILES string of the molecule is CCc1ccccc1NC(=O)CN1C(=O)[C@](O)(c2ccc(C)cc2)c2ccccc21. The number of aryl methyl sites for hydroxylation is 2. The van der Waals surface area contributed by atoms with Gasteiger partial charge in [0.1, 0.15) is 6.54 Å². The first-order valence-corrected chi connectivity index (χ1v) is 10.0. The second kappa shape index (κ2) is 7.76. The number of anilines is 2. The summed E-state index contributed by atoms with van der Waals surface area (Å²) in [6, 6.07) is 21.9. The van der Waals surface area contributed by atoms with E-state index in [4.69, 9.17) is 0 Å². The highest BCUT2D eigenvalue weighted by molar-refractivity contribution is 6.12. The van der Waals surface area contributed by atoms with Gasteiger partial charge in [-0.25, -0.2) is 0 Å². The molecule has 0 bridgehead atoms. The van der Waals surface area contributed by atoms with Gasteiger partial charge in [0.2, 0.25) is 5.91 Å². The fourth-order valence-electron chi connectivity index (χ4n) is 3.95. The van der Waals surface area contributed by atoms with Crippen LogP contribution in [0.1, 0.15) is 29.2 Å². The minimum atomic E-state index is -1.81. The summed E-state index contributed by atoms with van der Waals surface area (Å²) < 4.78 is 0. The Hall–Kier alpha value is -3.44. The van der Waals surface area contributed by atoms with Crippen molar-refractivity contribution >= 4 is 23.2 Å². The number of rotatable bonds is 5. The van der Waals surface area contributed by atoms with Gasteiger partial charge < -0.3 is 10.4 Å². The van der Waals surface area contributed by atoms with E-state index < -0.39 is 11.5 Å². The molecule has 0 radical (unpaired) electrons. The first kappa shape index (κ1) is 19.9. The zero-order chi connectivity index (χ0) is 21.3. The smallest absolute Gasteiger partial charge is 0.268 e. The largest absolute Gasteiger partial charge is 0.372 e. The quantitative estimate of drug-likeness (QED) is 0.685. The molecule has 1 atom stereocenters. The molecule has 3 aromatic rings. The maximum atomic E-state index is 13.4. The Morgan fingerprint density at radius 2 is 1.67 bits per heavy atom. The lowest BCUT2D eigenvalue weighted by Gasteiger charge is -2.24. The lowest BCUT2D eigenvalue weighted by Crippen LogP contribution is -2.44. The van der Waals surface area contributed by atoms with E-state index in [1.165, 1.54) is 4.90 Å². The van der Waals surface area contributed by atoms with E-state index in [0.29, 0.717) is 16.8 Å². The molecule has 0 fully saturated rings. The monoisotopic (exact) mass is 400 g/mol. The van der Waals surface area contributed by atoms with Gasteiger partial charge in [-0.15, -0.1) is 0 Å². The fraction of sp³-hybridized carbons (Fsp3) is 0.200. The molecule has 0 unspecified atom stereocenters. The number of hydrogen-bond donors (Lipinski definition) is 2. The van der Waals surface area contributed by atoms with Crippen LogP contribution in [0.25, 0.3) is 0 Å². The summed E-state index contributed by atoms with van der Waals surface area (Å²) in [6.45, 7) is 3.79. The van der Waals surface area contributed by atoms with Crippen LogP contribution in [0.15, 0.2) is 72.8 Å². The van der Waals surface area contributed by atoms with Gasteiger partial charge >= 0.3 is 0 Å². The zero-order valence-corrected chi connectivity index (χ0v) is 17.1. The molecule has 0 saturated carbocycles. The Labute approximate surface area is 176 Å². The number of aliphatic hydroxyl groups is 1. The van der Waals surface area contributed by atoms with E-state index in [-0.39, 0.29) is 12.5 Å². The molecule has 0 saturated heterocycles. The summed E-state index contributed by atoms with van der Waals surface area (Å²) in [4.78, 5) is 27.5. The van der Waals surface area contributed by atoms with Gasteiger partial charge in [0.05, 0.1) is 5.69 Å². The number of carbonyl (C=O) groups excluding carboxylic acids is 2. The summed E-state index contributed by atoms with van der Waals surface area (Å²) >= 11 is 0. The van der Waals surface area contributed by atoms with Gasteiger partial charge in [-0.05, 0) is 36.6 Å². The minimum absolute atomic E-state index is 0.179. The molecule has 1 heterocycles. The third-order valence-electron chi connectivity index (χ3n) is 5.58. The number of amides is 2. The van der Waals surface area contributed by atoms with Crippen molar-refractivity contribution in [2.24, 2.45) is 0 Å². The average Bonchev–Trinajstić information content (AvgIpc) is 2.97. The van der Waals surface area contributed by atoms with Crippen molar-refractivity contribution in [1.29, 1.82) is 0 Å². The maximum Gasteiger partial charge on any atom is 0.268 e. The summed E-state index contributed by atoms with van der Waals surface area (Å²) in [5.74, 6) is -0.835. The van der Waals surface area contributed by atoms with Crippen molar-refractivity contribution in [3.8, 4) is 0 Å². The molecule has 30 heavy (non-hydrogen) atoms. The molecular weight excluding hydrogens is 376 g/mol. The molecule has 0 aliphatic carbocycles. The zero-order valence-electron chi connectivity index (χ0n) is 17.1. The summed E-state index contributed by atoms with van der Waals surface area (Å²) in [5, 5.41) is 14.4. The molecule has 2 amide bonds. The second-order valence-corrected chi connectivity index (χ2v) is 7.54. The van der Waals surface area contributed by atoms with Crippen molar-refractivity contribution < 1.29 is 14.7 Å². The van der Waals surface area contributed by atoms with E-state index in [0.717, 1.165) is 23.2 Å². The second-order valence-electron chi connectivity index (χ2n) is 7.54. The van der Waals surface area contributed by atoms with Gasteiger partial charge in [-0.3, -0.25) is 14.5 Å². The average molecular weight is 400 g/mol. The molecule has 5 nitrogen and oxygen atoms in total. The van der Waals surface area contributed by atoms with Crippen LogP contribution in [-0.4, -0.2) is 23.5 Å². The Balaban J connectivity index is 1.65. The van der Waals surface area contributed by atoms with Crippen LogP contribution in [0.3, 0.4) is 0 Å². The highest BCUT2D eigenvalue weighted by Gasteiger charge is 2.51. The Kier molecular flexibility index (Phi) is 5.14. The first-order valence-electron chi connectivity index (χ1n) is 10.0. The van der Waals surface area contributed by atoms with Gasteiger partial charge in [0, 0.05) is 11.3 Å². The van der Waals surface area contributed by atoms with E-state index in [1.54, 1.807) is 36.4 Å². The van der Waals surface area contributed by atoms with Crippen LogP contribution < -0.4 is 10.2 Å². The highest BCUT2D eigenvalue weighted by atomic mass is 16.3. The van der Waals surface area contributed by atoms with Crippen LogP contribution in [-0.2, 0) is 21.6 Å². The molecule has 3 aromatic carbocycles. The topological polar surface area (TPSA) is 69.6 Å². The number of fused-ring (bicyclic) bond motifs is 1. The molecule has 2 N–H and O–H groups in total. The fourth-order valence-corrected chi connectivity index (χ4v) is 3.95. The summed E-state index contributed by atoms with van der Waals surface area (Å²) in [6.07, 6.45) is 0.787. The van der Waals surface area contributed by atoms with E-state index in [9.17, 15) is 14.7 Å². The predicted octanol–water partition coefficient (Wildman–Crippen LogP) is 3.78. The number of benzene rings is 3. The number of carbonyl (C=O) groups is 2. The van der Waals surface area contributed by atoms with Crippen LogP contribution in [0, 0.1) is 6.92 Å². The number of para-hydroxylation sites is 2. The molecule has 5 heteroatoms. The van der Waals surface area contributed by atoms with Gasteiger partial charge in [-0.1, -0.05) is 73.2 Å². The number of nitrogens with one attached hydrogen (secondary N) is 1. The molecule has 4 rings (SSSR count). The van der Waals surface area contributed by atoms with Crippen LogP contribution in [0.5, 0.6) is 0 Å². The van der Waals surface area contributed by atoms with E-state index in [2.05, 4.69) is 5.32 Å². The highest BCUT2D eigenvalue weighted by Crippen LogP contribution is 2.44. The van der Waals surface area contributed by atoms with Gasteiger partial charge in [-0.2, -0.15) is 0 Å². The Bertz CT molecular complexity index is 1110. The maximum absolute atomic E-state index is 13.4. The molecular formula is C25H24N2O3. The summed E-state index contributed by atoms with van der Waals surface area (Å²) in [5.41, 5.74) is 2.50. The molecule has 1 aliphatic heterocycles. The van der Waals surface area contributed by atoms with Crippen molar-refractivity contribution in [3.63, 3.8) is 0 Å². The third kappa shape index (κ3) is 3.27. The summed E-state index contributed by atoms with van der Waals surface area (Å²) in [7, 11) is 0. The number of nitrogens with zero attached hydrogens (tertiary/aromatic N) is 1. The first-order chi connectivity index (χ1) is 14.4. The van der Waals surface area contributed by atoms with Crippen LogP contribution in [0.2, 0.25) is 0 Å². The lowest BCUT2D eigenvalue weighted by atomic mass is 9.87. The molecule has 0 spiro atoms. The van der Waals surface area contributed by atoms with Crippen molar-refractivity contribution in [2.75, 3.05) is 16.8 Å². The van der Waals surface area contributed by atoms with E-state index >= 15 is 0 Å². The standard InChI is InChI=1S/C25H24N2O3/c1-3-18-8-4-6-10-21(18)26-23(28)16-27-22-11-7-5-9-20(22)25(30,24(27)29)19-14-12-17(2)13-15-19/h4-15,30H,3,16H2,1-2H3,(H,26,28)/t25-/m0/s1. The van der Waals surface area contributed by atoms with Crippen LogP contribution >= 0.6 is 0 Å². The molecule has 152 valence electrons. The Morgan fingerprint density at radius 3 is 2.40 bits per heavy atom. The Morgan fingerprint density at radius 1 is 1.00 bits per heavy atom. The normalized spacial score (nSPS) is 17.7. The molecule has 0 aromatic heterocycles. The number of hydrogen-bond acceptors (Lipinski definition) is 3. The van der Waals surface area contributed by atoms with Crippen molar-refractivity contribution in [1.82, 2.24) is 0 Å². The predicted molar refractivity (Wildman–Crippen MR) is 117 cm³/mol. The lowest BCUT2D eigenvalue weighted by molar-refractivity contribution is -0.133. The van der Waals surface area contributed by atoms with Crippen molar-refractivity contribution in [3.05, 3.63) is 95.1 Å².